The number of ether oxygens (including phenoxy) is 1. The van der Waals surface area contributed by atoms with E-state index < -0.39 is 24.3 Å². The molecule has 0 saturated heterocycles. The van der Waals surface area contributed by atoms with Gasteiger partial charge >= 0.3 is 5.97 Å². The topological polar surface area (TPSA) is 55.4 Å². The first-order chi connectivity index (χ1) is 11.0. The Labute approximate surface area is 141 Å². The van der Waals surface area contributed by atoms with Crippen molar-refractivity contribution in [3.05, 3.63) is 63.9 Å². The quantitative estimate of drug-likeness (QED) is 0.800. The first-order valence-electron chi connectivity index (χ1n) is 7.01. The van der Waals surface area contributed by atoms with E-state index in [1.807, 2.05) is 19.1 Å². The van der Waals surface area contributed by atoms with Gasteiger partial charge in [0.05, 0.1) is 5.56 Å². The lowest BCUT2D eigenvalue weighted by atomic mass is 10.1. The minimum absolute atomic E-state index is 0.213. The summed E-state index contributed by atoms with van der Waals surface area (Å²) >= 11 is 3.10. The van der Waals surface area contributed by atoms with E-state index in [4.69, 9.17) is 4.74 Å². The number of carbonyl (C=O) groups excluding carboxylic acids is 2. The summed E-state index contributed by atoms with van der Waals surface area (Å²) in [6.45, 7) is 1.49. The first-order valence-corrected chi connectivity index (χ1v) is 7.80. The molecule has 0 aliphatic rings. The van der Waals surface area contributed by atoms with Crippen molar-refractivity contribution in [3.63, 3.8) is 0 Å². The van der Waals surface area contributed by atoms with Gasteiger partial charge in [0.2, 0.25) is 0 Å². The Bertz CT molecular complexity index is 734. The number of amides is 1. The van der Waals surface area contributed by atoms with E-state index in [1.165, 1.54) is 12.1 Å². The number of rotatable bonds is 5. The van der Waals surface area contributed by atoms with Crippen LogP contribution >= 0.6 is 15.9 Å². The smallest absolute Gasteiger partial charge is 0.341 e. The summed E-state index contributed by atoms with van der Waals surface area (Å²) in [6, 6.07) is 11.3. The number of carbonyl (C=O) groups is 2. The van der Waals surface area contributed by atoms with Crippen molar-refractivity contribution in [3.8, 4) is 0 Å². The number of nitrogens with one attached hydrogen (secondary N) is 1. The van der Waals surface area contributed by atoms with Crippen molar-refractivity contribution in [1.29, 1.82) is 0 Å². The zero-order valence-corrected chi connectivity index (χ0v) is 14.0. The minimum atomic E-state index is -0.881. The third-order valence-electron chi connectivity index (χ3n) is 3.16. The maximum absolute atomic E-state index is 13.6. The lowest BCUT2D eigenvalue weighted by molar-refractivity contribution is -0.119. The highest BCUT2D eigenvalue weighted by Gasteiger charge is 2.15. The molecule has 1 amide bonds. The summed E-state index contributed by atoms with van der Waals surface area (Å²) in [7, 11) is 0. The number of halogens is 2. The molecular formula is C17H15BrFNO3. The highest BCUT2D eigenvalue weighted by atomic mass is 79.9. The molecule has 0 aliphatic heterocycles. The average Bonchev–Trinajstić information content (AvgIpc) is 2.53. The lowest BCUT2D eigenvalue weighted by Gasteiger charge is -2.10. The van der Waals surface area contributed by atoms with E-state index in [0.717, 1.165) is 18.1 Å². The standard InChI is InChI=1S/C17H15BrFNO3/c1-2-11-5-3-4-6-15(11)20-16(21)10-23-17(22)13-8-7-12(18)9-14(13)19/h3-9H,2,10H2,1H3,(H,20,21). The van der Waals surface area contributed by atoms with E-state index in [9.17, 15) is 14.0 Å². The van der Waals surface area contributed by atoms with Crippen LogP contribution in [0.4, 0.5) is 10.1 Å². The maximum atomic E-state index is 13.6. The van der Waals surface area contributed by atoms with Gasteiger partial charge in [-0.2, -0.15) is 0 Å². The fourth-order valence-electron chi connectivity index (χ4n) is 2.00. The summed E-state index contributed by atoms with van der Waals surface area (Å²) < 4.78 is 19.0. The molecule has 120 valence electrons. The van der Waals surface area contributed by atoms with E-state index in [1.54, 1.807) is 12.1 Å². The van der Waals surface area contributed by atoms with Crippen LogP contribution in [0.5, 0.6) is 0 Å². The zero-order chi connectivity index (χ0) is 16.8. The molecule has 0 radical (unpaired) electrons. The van der Waals surface area contributed by atoms with Gasteiger partial charge in [0.25, 0.3) is 5.91 Å². The molecule has 23 heavy (non-hydrogen) atoms. The third kappa shape index (κ3) is 4.63. The van der Waals surface area contributed by atoms with Crippen molar-refractivity contribution < 1.29 is 18.7 Å². The van der Waals surface area contributed by atoms with Gasteiger partial charge in [0.1, 0.15) is 5.82 Å². The van der Waals surface area contributed by atoms with Gasteiger partial charge < -0.3 is 10.1 Å². The van der Waals surface area contributed by atoms with Crippen molar-refractivity contribution >= 4 is 33.5 Å². The SMILES string of the molecule is CCc1ccccc1NC(=O)COC(=O)c1ccc(Br)cc1F. The van der Waals surface area contributed by atoms with Crippen LogP contribution in [0, 0.1) is 5.82 Å². The third-order valence-corrected chi connectivity index (χ3v) is 3.65. The molecule has 0 saturated carbocycles. The van der Waals surface area contributed by atoms with Crippen LogP contribution < -0.4 is 5.32 Å². The Morgan fingerprint density at radius 1 is 1.22 bits per heavy atom. The molecular weight excluding hydrogens is 365 g/mol. The number of hydrogen-bond acceptors (Lipinski definition) is 3. The fraction of sp³-hybridized carbons (Fsp3) is 0.176. The largest absolute Gasteiger partial charge is 0.452 e. The molecule has 2 aromatic carbocycles. The summed E-state index contributed by atoms with van der Waals surface area (Å²) in [6.07, 6.45) is 0.764. The van der Waals surface area contributed by atoms with Crippen LogP contribution in [-0.2, 0) is 16.0 Å². The number of benzene rings is 2. The monoisotopic (exact) mass is 379 g/mol. The number of esters is 1. The van der Waals surface area contributed by atoms with Gasteiger partial charge in [-0.25, -0.2) is 9.18 Å². The van der Waals surface area contributed by atoms with Gasteiger partial charge in [-0.3, -0.25) is 4.79 Å². The Morgan fingerprint density at radius 2 is 1.96 bits per heavy atom. The Kier molecular flexibility index (Phi) is 5.87. The second-order valence-electron chi connectivity index (χ2n) is 4.76. The lowest BCUT2D eigenvalue weighted by Crippen LogP contribution is -2.22. The number of anilines is 1. The molecule has 0 atom stereocenters. The van der Waals surface area contributed by atoms with Gasteiger partial charge in [0.15, 0.2) is 6.61 Å². The zero-order valence-electron chi connectivity index (χ0n) is 12.4. The molecule has 0 bridgehead atoms. The van der Waals surface area contributed by atoms with Crippen molar-refractivity contribution in [1.82, 2.24) is 0 Å². The Balaban J connectivity index is 1.95. The molecule has 1 N–H and O–H groups in total. The van der Waals surface area contributed by atoms with Crippen LogP contribution in [-0.4, -0.2) is 18.5 Å². The molecule has 0 fully saturated rings. The summed E-state index contributed by atoms with van der Waals surface area (Å²) in [5.74, 6) is -2.06. The molecule has 6 heteroatoms. The van der Waals surface area contributed by atoms with Crippen LogP contribution in [0.1, 0.15) is 22.8 Å². The van der Waals surface area contributed by atoms with Crippen molar-refractivity contribution in [2.75, 3.05) is 11.9 Å². The molecule has 2 rings (SSSR count). The molecule has 0 unspecified atom stereocenters. The van der Waals surface area contributed by atoms with Crippen LogP contribution in [0.3, 0.4) is 0 Å². The summed E-state index contributed by atoms with van der Waals surface area (Å²) in [5.41, 5.74) is 1.44. The molecule has 0 aromatic heterocycles. The molecule has 0 aliphatic carbocycles. The van der Waals surface area contributed by atoms with E-state index in [2.05, 4.69) is 21.2 Å². The molecule has 4 nitrogen and oxygen atoms in total. The Hall–Kier alpha value is -2.21. The van der Waals surface area contributed by atoms with E-state index in [-0.39, 0.29) is 5.56 Å². The van der Waals surface area contributed by atoms with Crippen molar-refractivity contribution in [2.45, 2.75) is 13.3 Å². The van der Waals surface area contributed by atoms with Gasteiger partial charge in [0, 0.05) is 10.2 Å². The molecule has 2 aromatic rings. The second-order valence-corrected chi connectivity index (χ2v) is 5.67. The Morgan fingerprint density at radius 3 is 2.65 bits per heavy atom. The van der Waals surface area contributed by atoms with Crippen LogP contribution in [0.15, 0.2) is 46.9 Å². The van der Waals surface area contributed by atoms with Crippen LogP contribution in [0.25, 0.3) is 0 Å². The van der Waals surface area contributed by atoms with Gasteiger partial charge in [-0.1, -0.05) is 41.1 Å². The predicted molar refractivity (Wildman–Crippen MR) is 88.8 cm³/mol. The van der Waals surface area contributed by atoms with E-state index >= 15 is 0 Å². The first kappa shape index (κ1) is 17.1. The van der Waals surface area contributed by atoms with Gasteiger partial charge in [-0.15, -0.1) is 0 Å². The fourth-order valence-corrected chi connectivity index (χ4v) is 2.33. The predicted octanol–water partition coefficient (Wildman–Crippen LogP) is 3.95. The van der Waals surface area contributed by atoms with E-state index in [0.29, 0.717) is 10.2 Å². The number of hydrogen-bond donors (Lipinski definition) is 1. The minimum Gasteiger partial charge on any atom is -0.452 e. The second kappa shape index (κ2) is 7.87. The molecule has 0 spiro atoms. The van der Waals surface area contributed by atoms with Crippen LogP contribution in [0.2, 0.25) is 0 Å². The van der Waals surface area contributed by atoms with Crippen molar-refractivity contribution in [2.24, 2.45) is 0 Å². The number of aryl methyl sites for hydroxylation is 1. The highest BCUT2D eigenvalue weighted by molar-refractivity contribution is 9.10. The summed E-state index contributed by atoms with van der Waals surface area (Å²) in [4.78, 5) is 23.7. The number of para-hydroxylation sites is 1. The maximum Gasteiger partial charge on any atom is 0.341 e. The van der Waals surface area contributed by atoms with Gasteiger partial charge in [-0.05, 0) is 36.2 Å². The average molecular weight is 380 g/mol. The highest BCUT2D eigenvalue weighted by Crippen LogP contribution is 2.17. The summed E-state index contributed by atoms with van der Waals surface area (Å²) in [5, 5.41) is 2.67. The molecule has 0 heterocycles. The normalized spacial score (nSPS) is 10.2.